The van der Waals surface area contributed by atoms with Crippen molar-refractivity contribution in [3.05, 3.63) is 18.2 Å². The summed E-state index contributed by atoms with van der Waals surface area (Å²) in [5, 5.41) is 2.29. The number of likely N-dealkylation sites (N-methyl/N-ethyl adjacent to an activating group) is 1. The Morgan fingerprint density at radius 3 is 2.74 bits per heavy atom. The third-order valence-electron chi connectivity index (χ3n) is 4.07. The number of rotatable bonds is 5. The second-order valence-corrected chi connectivity index (χ2v) is 5.66. The van der Waals surface area contributed by atoms with Crippen LogP contribution in [0.15, 0.2) is 12.5 Å². The molecule has 19 heavy (non-hydrogen) atoms. The maximum Gasteiger partial charge on any atom is 0.0951 e. The van der Waals surface area contributed by atoms with E-state index < -0.39 is 0 Å². The van der Waals surface area contributed by atoms with Crippen molar-refractivity contribution in [3.8, 4) is 0 Å². The van der Waals surface area contributed by atoms with Gasteiger partial charge in [0.05, 0.1) is 18.1 Å². The Morgan fingerprint density at radius 2 is 2.11 bits per heavy atom. The molecule has 1 aliphatic carbocycles. The Bertz CT molecular complexity index is 405. The molecule has 1 atom stereocenters. The van der Waals surface area contributed by atoms with Crippen LogP contribution in [0.4, 0.5) is 0 Å². The predicted molar refractivity (Wildman–Crippen MR) is 74.5 cm³/mol. The summed E-state index contributed by atoms with van der Waals surface area (Å²) < 4.78 is 2.29. The molecule has 1 aliphatic heterocycles. The monoisotopic (exact) mass is 264 g/mol. The fourth-order valence-corrected chi connectivity index (χ4v) is 2.64. The highest BCUT2D eigenvalue weighted by molar-refractivity contribution is 5.09. The summed E-state index contributed by atoms with van der Waals surface area (Å²) in [6.45, 7) is 4.90. The smallest absolute Gasteiger partial charge is 0.0951 e. The van der Waals surface area contributed by atoms with Crippen LogP contribution < -0.4 is 11.2 Å². The van der Waals surface area contributed by atoms with Crippen LogP contribution in [0.1, 0.15) is 30.6 Å². The summed E-state index contributed by atoms with van der Waals surface area (Å²) in [5.74, 6) is 0. The van der Waals surface area contributed by atoms with E-state index in [2.05, 4.69) is 31.9 Å². The highest BCUT2D eigenvalue weighted by atomic mass is 15.5. The molecule has 1 saturated heterocycles. The van der Waals surface area contributed by atoms with Crippen LogP contribution in [0.25, 0.3) is 0 Å². The molecule has 0 spiro atoms. The van der Waals surface area contributed by atoms with Crippen LogP contribution in [0.2, 0.25) is 0 Å². The average Bonchev–Trinajstić information content (AvgIpc) is 3.16. The lowest BCUT2D eigenvalue weighted by Crippen LogP contribution is -2.52. The Morgan fingerprint density at radius 1 is 1.37 bits per heavy atom. The van der Waals surface area contributed by atoms with Crippen molar-refractivity contribution >= 4 is 0 Å². The maximum atomic E-state index is 5.96. The van der Waals surface area contributed by atoms with Crippen LogP contribution in [0, 0.1) is 0 Å². The van der Waals surface area contributed by atoms with Gasteiger partial charge in [-0.1, -0.05) is 0 Å². The van der Waals surface area contributed by atoms with Gasteiger partial charge in [-0.15, -0.1) is 0 Å². The Labute approximate surface area is 114 Å². The van der Waals surface area contributed by atoms with E-state index in [-0.39, 0.29) is 6.04 Å². The Kier molecular flexibility index (Phi) is 3.83. The van der Waals surface area contributed by atoms with E-state index in [0.29, 0.717) is 12.6 Å². The van der Waals surface area contributed by atoms with E-state index in [1.165, 1.54) is 18.5 Å². The first-order valence-electron chi connectivity index (χ1n) is 7.19. The molecule has 1 saturated carbocycles. The highest BCUT2D eigenvalue weighted by Crippen LogP contribution is 2.36. The molecule has 1 aromatic heterocycles. The number of hydrogen-bond acceptors (Lipinski definition) is 5. The lowest BCUT2D eigenvalue weighted by molar-refractivity contribution is 0.0865. The van der Waals surface area contributed by atoms with E-state index >= 15 is 0 Å². The fraction of sp³-hybridized carbons (Fsp3) is 0.769. The average molecular weight is 264 g/mol. The number of aromatic nitrogens is 2. The number of piperazine rings is 1. The van der Waals surface area contributed by atoms with Gasteiger partial charge in [0.15, 0.2) is 0 Å². The molecule has 106 valence electrons. The highest BCUT2D eigenvalue weighted by Gasteiger charge is 2.28. The second kappa shape index (κ2) is 5.58. The first-order valence-corrected chi connectivity index (χ1v) is 7.19. The molecule has 1 aromatic rings. The van der Waals surface area contributed by atoms with Gasteiger partial charge in [-0.2, -0.15) is 0 Å². The molecule has 0 bridgehead atoms. The molecule has 3 N–H and O–H groups in total. The molecule has 3 rings (SSSR count). The quantitative estimate of drug-likeness (QED) is 0.782. The summed E-state index contributed by atoms with van der Waals surface area (Å²) in [6.07, 6.45) is 6.45. The topological polar surface area (TPSA) is 62.4 Å². The van der Waals surface area contributed by atoms with Crippen LogP contribution in [0.3, 0.4) is 0 Å². The normalized spacial score (nSPS) is 23.7. The lowest BCUT2D eigenvalue weighted by atomic mass is 10.2. The summed E-state index contributed by atoms with van der Waals surface area (Å²) in [6, 6.07) is 0.826. The molecular formula is C13H24N6. The minimum Gasteiger partial charge on any atom is -0.330 e. The van der Waals surface area contributed by atoms with Gasteiger partial charge in [-0.05, 0) is 19.9 Å². The van der Waals surface area contributed by atoms with Crippen LogP contribution in [-0.2, 0) is 0 Å². The molecular weight excluding hydrogens is 240 g/mol. The molecule has 2 aliphatic rings. The third-order valence-corrected chi connectivity index (χ3v) is 4.07. The number of nitrogens with two attached hydrogens (primary N) is 1. The Hall–Kier alpha value is -0.950. The van der Waals surface area contributed by atoms with Crippen molar-refractivity contribution in [1.82, 2.24) is 24.9 Å². The molecule has 2 heterocycles. The van der Waals surface area contributed by atoms with Gasteiger partial charge >= 0.3 is 0 Å². The maximum absolute atomic E-state index is 5.96. The van der Waals surface area contributed by atoms with Crippen molar-refractivity contribution in [3.63, 3.8) is 0 Å². The first kappa shape index (κ1) is 13.1. The molecule has 0 radical (unpaired) electrons. The van der Waals surface area contributed by atoms with Gasteiger partial charge in [-0.25, -0.2) is 15.4 Å². The van der Waals surface area contributed by atoms with Gasteiger partial charge < -0.3 is 15.2 Å². The molecule has 1 unspecified atom stereocenters. The van der Waals surface area contributed by atoms with Gasteiger partial charge in [0.1, 0.15) is 0 Å². The van der Waals surface area contributed by atoms with Crippen molar-refractivity contribution < 1.29 is 0 Å². The summed E-state index contributed by atoms with van der Waals surface area (Å²) in [7, 11) is 2.17. The van der Waals surface area contributed by atoms with Crippen molar-refractivity contribution in [2.75, 3.05) is 39.8 Å². The predicted octanol–water partition coefficient (Wildman–Crippen LogP) is -0.0302. The molecule has 6 nitrogen and oxygen atoms in total. The fourth-order valence-electron chi connectivity index (χ4n) is 2.64. The van der Waals surface area contributed by atoms with Crippen LogP contribution in [0.5, 0.6) is 0 Å². The number of hydrazine groups is 1. The standard InChI is InChI=1S/C13H24N6/c1-17-4-6-18(7-5-17)16-12(8-14)13-9-15-10-19(13)11-2-3-11/h9-12,16H,2-8,14H2,1H3. The van der Waals surface area contributed by atoms with Crippen LogP contribution in [-0.4, -0.2) is 59.2 Å². The zero-order valence-corrected chi connectivity index (χ0v) is 11.6. The SMILES string of the molecule is CN1CCN(NC(CN)c2cncn2C2CC2)CC1. The van der Waals surface area contributed by atoms with Crippen molar-refractivity contribution in [2.24, 2.45) is 5.73 Å². The molecule has 6 heteroatoms. The van der Waals surface area contributed by atoms with E-state index in [0.717, 1.165) is 26.2 Å². The van der Waals surface area contributed by atoms with Crippen LogP contribution >= 0.6 is 0 Å². The van der Waals surface area contributed by atoms with E-state index in [4.69, 9.17) is 5.73 Å². The summed E-state index contributed by atoms with van der Waals surface area (Å²) in [5.41, 5.74) is 10.8. The summed E-state index contributed by atoms with van der Waals surface area (Å²) >= 11 is 0. The van der Waals surface area contributed by atoms with Crippen molar-refractivity contribution in [1.29, 1.82) is 0 Å². The molecule has 0 amide bonds. The zero-order valence-electron chi connectivity index (χ0n) is 11.6. The number of nitrogens with zero attached hydrogens (tertiary/aromatic N) is 4. The minimum atomic E-state index is 0.173. The van der Waals surface area contributed by atoms with E-state index in [1.807, 2.05) is 12.5 Å². The molecule has 0 aromatic carbocycles. The van der Waals surface area contributed by atoms with Gasteiger partial charge in [-0.3, -0.25) is 0 Å². The number of hydrogen-bond donors (Lipinski definition) is 2. The minimum absolute atomic E-state index is 0.173. The third kappa shape index (κ3) is 2.97. The van der Waals surface area contributed by atoms with Gasteiger partial charge in [0.25, 0.3) is 0 Å². The number of imidazole rings is 1. The largest absolute Gasteiger partial charge is 0.330 e. The molecule has 2 fully saturated rings. The van der Waals surface area contributed by atoms with Gasteiger partial charge in [0.2, 0.25) is 0 Å². The second-order valence-electron chi connectivity index (χ2n) is 5.66. The lowest BCUT2D eigenvalue weighted by Gasteiger charge is -2.35. The van der Waals surface area contributed by atoms with Gasteiger partial charge in [0, 0.05) is 45.0 Å². The first-order chi connectivity index (χ1) is 9.28. The summed E-state index contributed by atoms with van der Waals surface area (Å²) in [4.78, 5) is 6.65. The van der Waals surface area contributed by atoms with E-state index in [1.54, 1.807) is 0 Å². The zero-order chi connectivity index (χ0) is 13.2. The van der Waals surface area contributed by atoms with Crippen molar-refractivity contribution in [2.45, 2.75) is 24.9 Å². The number of nitrogens with one attached hydrogen (secondary N) is 1. The Balaban J connectivity index is 1.65. The van der Waals surface area contributed by atoms with E-state index in [9.17, 15) is 0 Å².